The van der Waals surface area contributed by atoms with Crippen molar-refractivity contribution in [1.29, 1.82) is 0 Å². The van der Waals surface area contributed by atoms with Crippen LogP contribution in [0.3, 0.4) is 0 Å². The van der Waals surface area contributed by atoms with E-state index in [1.165, 1.54) is 0 Å². The van der Waals surface area contributed by atoms with Gasteiger partial charge in [0, 0.05) is 13.1 Å². The molecule has 0 aliphatic rings. The van der Waals surface area contributed by atoms with Crippen molar-refractivity contribution in [2.75, 3.05) is 40.0 Å². The Morgan fingerprint density at radius 3 is 2.35 bits per heavy atom. The Hall–Kier alpha value is -1.26. The van der Waals surface area contributed by atoms with Gasteiger partial charge < -0.3 is 19.5 Å². The molecule has 0 unspecified atom stereocenters. The number of ether oxygens (including phenoxy) is 2. The third-order valence-corrected chi connectivity index (χ3v) is 2.36. The summed E-state index contributed by atoms with van der Waals surface area (Å²) in [5.41, 5.74) is 0. The van der Waals surface area contributed by atoms with Crippen molar-refractivity contribution in [2.45, 2.75) is 6.92 Å². The minimum atomic E-state index is 0.173. The molecule has 0 aromatic heterocycles. The Balaban J connectivity index is 2.40. The van der Waals surface area contributed by atoms with Crippen LogP contribution >= 0.6 is 0 Å². The van der Waals surface area contributed by atoms with Crippen molar-refractivity contribution in [3.05, 3.63) is 24.3 Å². The number of aliphatic hydroxyl groups excluding tert-OH is 1. The molecule has 4 nitrogen and oxygen atoms in total. The molecule has 0 fully saturated rings. The van der Waals surface area contributed by atoms with E-state index >= 15 is 0 Å². The molecule has 96 valence electrons. The largest absolute Gasteiger partial charge is 0.490 e. The lowest BCUT2D eigenvalue weighted by Gasteiger charge is -2.16. The van der Waals surface area contributed by atoms with Crippen LogP contribution in [0.4, 0.5) is 0 Å². The highest BCUT2D eigenvalue weighted by atomic mass is 16.5. The average Bonchev–Trinajstić information content (AvgIpc) is 2.32. The number of para-hydroxylation sites is 2. The predicted octanol–water partition coefficient (Wildman–Crippen LogP) is 1.39. The molecule has 1 rings (SSSR count). The van der Waals surface area contributed by atoms with Crippen molar-refractivity contribution < 1.29 is 14.6 Å². The Kier molecular flexibility index (Phi) is 6.43. The number of benzene rings is 1. The van der Waals surface area contributed by atoms with Gasteiger partial charge in [-0.1, -0.05) is 12.1 Å². The van der Waals surface area contributed by atoms with E-state index in [9.17, 15) is 0 Å². The fourth-order valence-corrected chi connectivity index (χ4v) is 1.44. The zero-order valence-corrected chi connectivity index (χ0v) is 10.6. The molecule has 0 radical (unpaired) electrons. The second-order valence-electron chi connectivity index (χ2n) is 3.76. The molecule has 0 spiro atoms. The minimum Gasteiger partial charge on any atom is -0.490 e. The molecule has 0 saturated heterocycles. The zero-order valence-electron chi connectivity index (χ0n) is 10.6. The molecule has 1 aromatic rings. The van der Waals surface area contributed by atoms with Gasteiger partial charge in [0.25, 0.3) is 0 Å². The summed E-state index contributed by atoms with van der Waals surface area (Å²) in [6.45, 7) is 4.78. The highest BCUT2D eigenvalue weighted by molar-refractivity contribution is 5.39. The Morgan fingerprint density at radius 1 is 1.12 bits per heavy atom. The van der Waals surface area contributed by atoms with E-state index < -0.39 is 0 Å². The molecule has 1 aromatic carbocycles. The number of hydrogen-bond donors (Lipinski definition) is 1. The van der Waals surface area contributed by atoms with Crippen LogP contribution < -0.4 is 9.47 Å². The lowest BCUT2D eigenvalue weighted by molar-refractivity contribution is 0.189. The number of aliphatic hydroxyl groups is 1. The molecule has 0 aliphatic heterocycles. The van der Waals surface area contributed by atoms with E-state index in [1.54, 1.807) is 0 Å². The molecule has 0 amide bonds. The van der Waals surface area contributed by atoms with E-state index in [0.717, 1.165) is 18.0 Å². The van der Waals surface area contributed by atoms with Gasteiger partial charge in [0.05, 0.1) is 13.2 Å². The molecule has 4 heteroatoms. The summed E-state index contributed by atoms with van der Waals surface area (Å²) in [4.78, 5) is 2.02. The first-order valence-electron chi connectivity index (χ1n) is 5.92. The molecule has 0 aliphatic carbocycles. The predicted molar refractivity (Wildman–Crippen MR) is 67.7 cm³/mol. The quantitative estimate of drug-likeness (QED) is 0.744. The van der Waals surface area contributed by atoms with Gasteiger partial charge in [-0.3, -0.25) is 0 Å². The summed E-state index contributed by atoms with van der Waals surface area (Å²) in [7, 11) is 1.95. The van der Waals surface area contributed by atoms with Gasteiger partial charge in [-0.15, -0.1) is 0 Å². The van der Waals surface area contributed by atoms with Gasteiger partial charge in [-0.2, -0.15) is 0 Å². The molecular weight excluding hydrogens is 218 g/mol. The van der Waals surface area contributed by atoms with Crippen LogP contribution in [-0.4, -0.2) is 50.0 Å². The summed E-state index contributed by atoms with van der Waals surface area (Å²) < 4.78 is 11.1. The highest BCUT2D eigenvalue weighted by Crippen LogP contribution is 2.26. The fourth-order valence-electron chi connectivity index (χ4n) is 1.44. The van der Waals surface area contributed by atoms with E-state index in [4.69, 9.17) is 14.6 Å². The van der Waals surface area contributed by atoms with Gasteiger partial charge in [0.1, 0.15) is 6.61 Å². The third kappa shape index (κ3) is 5.06. The van der Waals surface area contributed by atoms with Crippen molar-refractivity contribution in [3.63, 3.8) is 0 Å². The SMILES string of the molecule is CCOc1ccccc1OCCN(C)CCO. The van der Waals surface area contributed by atoms with Crippen molar-refractivity contribution in [1.82, 2.24) is 4.90 Å². The fraction of sp³-hybridized carbons (Fsp3) is 0.538. The molecule has 0 saturated carbocycles. The Morgan fingerprint density at radius 2 is 1.76 bits per heavy atom. The van der Waals surface area contributed by atoms with E-state index in [2.05, 4.69) is 0 Å². The van der Waals surface area contributed by atoms with Crippen LogP contribution in [0.25, 0.3) is 0 Å². The Bertz CT molecular complexity index is 317. The lowest BCUT2D eigenvalue weighted by atomic mass is 10.3. The molecule has 1 N–H and O–H groups in total. The summed E-state index contributed by atoms with van der Waals surface area (Å²) in [6.07, 6.45) is 0. The van der Waals surface area contributed by atoms with Crippen LogP contribution in [0.5, 0.6) is 11.5 Å². The molecule has 17 heavy (non-hydrogen) atoms. The number of rotatable bonds is 8. The van der Waals surface area contributed by atoms with Gasteiger partial charge in [-0.25, -0.2) is 0 Å². The van der Waals surface area contributed by atoms with Gasteiger partial charge in [0.2, 0.25) is 0 Å². The normalized spacial score (nSPS) is 10.6. The minimum absolute atomic E-state index is 0.173. The average molecular weight is 239 g/mol. The first-order chi connectivity index (χ1) is 8.27. The smallest absolute Gasteiger partial charge is 0.161 e. The molecular formula is C13H21NO3. The van der Waals surface area contributed by atoms with Crippen molar-refractivity contribution >= 4 is 0 Å². The monoisotopic (exact) mass is 239 g/mol. The first kappa shape index (κ1) is 13.8. The van der Waals surface area contributed by atoms with Crippen LogP contribution in [-0.2, 0) is 0 Å². The molecule has 0 heterocycles. The first-order valence-corrected chi connectivity index (χ1v) is 5.92. The molecule has 0 bridgehead atoms. The van der Waals surface area contributed by atoms with E-state index in [0.29, 0.717) is 19.8 Å². The van der Waals surface area contributed by atoms with E-state index in [1.807, 2.05) is 43.1 Å². The maximum absolute atomic E-state index is 8.76. The van der Waals surface area contributed by atoms with Gasteiger partial charge >= 0.3 is 0 Å². The highest BCUT2D eigenvalue weighted by Gasteiger charge is 2.03. The third-order valence-electron chi connectivity index (χ3n) is 2.36. The van der Waals surface area contributed by atoms with Crippen LogP contribution in [0.1, 0.15) is 6.92 Å². The lowest BCUT2D eigenvalue weighted by Crippen LogP contribution is -2.27. The topological polar surface area (TPSA) is 41.9 Å². The van der Waals surface area contributed by atoms with Gasteiger partial charge in [-0.05, 0) is 26.1 Å². The van der Waals surface area contributed by atoms with Crippen molar-refractivity contribution in [2.24, 2.45) is 0 Å². The van der Waals surface area contributed by atoms with Crippen molar-refractivity contribution in [3.8, 4) is 11.5 Å². The summed E-state index contributed by atoms with van der Waals surface area (Å²) in [5, 5.41) is 8.76. The van der Waals surface area contributed by atoms with E-state index in [-0.39, 0.29) is 6.61 Å². The zero-order chi connectivity index (χ0) is 12.5. The number of nitrogens with zero attached hydrogens (tertiary/aromatic N) is 1. The van der Waals surface area contributed by atoms with Crippen LogP contribution in [0, 0.1) is 0 Å². The second-order valence-corrected chi connectivity index (χ2v) is 3.76. The molecule has 0 atom stereocenters. The van der Waals surface area contributed by atoms with Crippen LogP contribution in [0.15, 0.2) is 24.3 Å². The summed E-state index contributed by atoms with van der Waals surface area (Å²) in [6, 6.07) is 7.65. The maximum atomic E-state index is 8.76. The Labute approximate surface area is 103 Å². The number of hydrogen-bond acceptors (Lipinski definition) is 4. The van der Waals surface area contributed by atoms with Crippen LogP contribution in [0.2, 0.25) is 0 Å². The maximum Gasteiger partial charge on any atom is 0.161 e. The second kappa shape index (κ2) is 7.92. The summed E-state index contributed by atoms with van der Waals surface area (Å²) in [5.74, 6) is 1.55. The number of likely N-dealkylation sites (N-methyl/N-ethyl adjacent to an activating group) is 1. The standard InChI is InChI=1S/C13H21NO3/c1-3-16-12-6-4-5-7-13(12)17-11-9-14(2)8-10-15/h4-7,15H,3,8-11H2,1-2H3. The summed E-state index contributed by atoms with van der Waals surface area (Å²) >= 11 is 0. The van der Waals surface area contributed by atoms with Gasteiger partial charge in [0.15, 0.2) is 11.5 Å².